The lowest BCUT2D eigenvalue weighted by Crippen LogP contribution is -2.24. The lowest BCUT2D eigenvalue weighted by atomic mass is 10.3. The number of hydrogen-bond acceptors (Lipinski definition) is 3. The van der Waals surface area contributed by atoms with Crippen LogP contribution in [0.1, 0.15) is 25.6 Å². The van der Waals surface area contributed by atoms with Gasteiger partial charge in [-0.05, 0) is 25.5 Å². The van der Waals surface area contributed by atoms with E-state index in [-0.39, 0.29) is 0 Å². The van der Waals surface area contributed by atoms with Crippen LogP contribution in [0.15, 0.2) is 24.3 Å². The van der Waals surface area contributed by atoms with Crippen LogP contribution in [0.4, 0.5) is 0 Å². The fraction of sp³-hybridized carbons (Fsp3) is 0.562. The number of para-hydroxylation sites is 2. The normalized spacial score (nSPS) is 11.3. The summed E-state index contributed by atoms with van der Waals surface area (Å²) in [6.07, 6.45) is 2.35. The highest BCUT2D eigenvalue weighted by molar-refractivity contribution is 5.75. The van der Waals surface area contributed by atoms with Gasteiger partial charge in [0.05, 0.1) is 17.6 Å². The number of imidazole rings is 1. The zero-order valence-corrected chi connectivity index (χ0v) is 12.6. The Balaban J connectivity index is 1.72. The number of unbranched alkanes of at least 4 members (excludes halogenated alkanes) is 1. The largest absolute Gasteiger partial charge is 0.380 e. The van der Waals surface area contributed by atoms with Gasteiger partial charge in [-0.25, -0.2) is 4.98 Å². The molecule has 2 rings (SSSR count). The van der Waals surface area contributed by atoms with Crippen molar-refractivity contribution >= 4 is 11.0 Å². The Morgan fingerprint density at radius 2 is 2.05 bits per heavy atom. The smallest absolute Gasteiger partial charge is 0.106 e. The summed E-state index contributed by atoms with van der Waals surface area (Å²) < 4.78 is 7.79. The van der Waals surface area contributed by atoms with Crippen molar-refractivity contribution in [2.45, 2.75) is 33.2 Å². The van der Waals surface area contributed by atoms with Crippen molar-refractivity contribution in [1.82, 2.24) is 14.9 Å². The van der Waals surface area contributed by atoms with Crippen LogP contribution in [0.2, 0.25) is 0 Å². The first-order valence-electron chi connectivity index (χ1n) is 7.53. The van der Waals surface area contributed by atoms with Crippen molar-refractivity contribution in [1.29, 1.82) is 0 Å². The maximum absolute atomic E-state index is 5.52. The fourth-order valence-corrected chi connectivity index (χ4v) is 2.29. The summed E-state index contributed by atoms with van der Waals surface area (Å²) in [4.78, 5) is 4.57. The Morgan fingerprint density at radius 3 is 2.90 bits per heavy atom. The van der Waals surface area contributed by atoms with E-state index in [0.717, 1.165) is 50.6 Å². The molecule has 2 aromatic rings. The average Bonchev–Trinajstić information content (AvgIpc) is 2.78. The molecule has 0 saturated heterocycles. The van der Waals surface area contributed by atoms with Crippen LogP contribution < -0.4 is 5.32 Å². The van der Waals surface area contributed by atoms with E-state index in [9.17, 15) is 0 Å². The number of nitrogens with zero attached hydrogens (tertiary/aromatic N) is 2. The molecule has 0 unspecified atom stereocenters. The van der Waals surface area contributed by atoms with Crippen LogP contribution in [-0.4, -0.2) is 35.9 Å². The van der Waals surface area contributed by atoms with Gasteiger partial charge in [0.1, 0.15) is 5.82 Å². The molecule has 20 heavy (non-hydrogen) atoms. The van der Waals surface area contributed by atoms with E-state index in [1.807, 2.05) is 6.07 Å². The summed E-state index contributed by atoms with van der Waals surface area (Å²) in [5, 5.41) is 3.42. The molecule has 4 heteroatoms. The monoisotopic (exact) mass is 275 g/mol. The number of hydrogen-bond donors (Lipinski definition) is 1. The molecular formula is C16H25N3O. The van der Waals surface area contributed by atoms with Crippen molar-refractivity contribution < 1.29 is 4.74 Å². The second-order valence-electron chi connectivity index (χ2n) is 5.02. The average molecular weight is 275 g/mol. The fourth-order valence-electron chi connectivity index (χ4n) is 2.29. The first-order valence-corrected chi connectivity index (χ1v) is 7.53. The van der Waals surface area contributed by atoms with Crippen molar-refractivity contribution in [3.8, 4) is 0 Å². The van der Waals surface area contributed by atoms with Crippen LogP contribution in [0.5, 0.6) is 0 Å². The second kappa shape index (κ2) is 8.02. The number of ether oxygens (including phenoxy) is 1. The third-order valence-corrected chi connectivity index (χ3v) is 3.42. The van der Waals surface area contributed by atoms with E-state index in [2.05, 4.69) is 46.9 Å². The number of aromatic nitrogens is 2. The quantitative estimate of drug-likeness (QED) is 0.715. The van der Waals surface area contributed by atoms with Gasteiger partial charge in [0.25, 0.3) is 0 Å². The molecule has 0 aliphatic heterocycles. The topological polar surface area (TPSA) is 39.1 Å². The Morgan fingerprint density at radius 1 is 1.20 bits per heavy atom. The van der Waals surface area contributed by atoms with Gasteiger partial charge < -0.3 is 14.6 Å². The zero-order valence-electron chi connectivity index (χ0n) is 12.6. The van der Waals surface area contributed by atoms with Gasteiger partial charge in [-0.15, -0.1) is 0 Å². The summed E-state index contributed by atoms with van der Waals surface area (Å²) in [6, 6.07) is 8.29. The van der Waals surface area contributed by atoms with Crippen LogP contribution >= 0.6 is 0 Å². The molecule has 0 amide bonds. The molecule has 110 valence electrons. The van der Waals surface area contributed by atoms with Crippen molar-refractivity contribution in [2.75, 3.05) is 26.3 Å². The highest BCUT2D eigenvalue weighted by atomic mass is 16.5. The van der Waals surface area contributed by atoms with E-state index in [0.29, 0.717) is 0 Å². The Labute approximate surface area is 121 Å². The predicted octanol–water partition coefficient (Wildman–Crippen LogP) is 2.75. The SMILES string of the molecule is CCCCOCCNCCn1c(C)nc2ccccc21. The van der Waals surface area contributed by atoms with E-state index < -0.39 is 0 Å². The minimum Gasteiger partial charge on any atom is -0.380 e. The molecule has 1 N–H and O–H groups in total. The van der Waals surface area contributed by atoms with Gasteiger partial charge in [0, 0.05) is 26.2 Å². The Bertz CT molecular complexity index is 521. The number of nitrogens with one attached hydrogen (secondary N) is 1. The first-order chi connectivity index (χ1) is 9.83. The molecule has 0 aliphatic rings. The van der Waals surface area contributed by atoms with Gasteiger partial charge >= 0.3 is 0 Å². The molecule has 0 bridgehead atoms. The van der Waals surface area contributed by atoms with Gasteiger partial charge in [-0.2, -0.15) is 0 Å². The van der Waals surface area contributed by atoms with E-state index in [4.69, 9.17) is 4.74 Å². The summed E-state index contributed by atoms with van der Waals surface area (Å²) >= 11 is 0. The minimum atomic E-state index is 0.795. The highest BCUT2D eigenvalue weighted by Gasteiger charge is 2.05. The molecule has 0 atom stereocenters. The molecule has 0 aliphatic carbocycles. The predicted molar refractivity (Wildman–Crippen MR) is 83.1 cm³/mol. The number of benzene rings is 1. The lowest BCUT2D eigenvalue weighted by molar-refractivity contribution is 0.133. The number of aryl methyl sites for hydroxylation is 1. The summed E-state index contributed by atoms with van der Waals surface area (Å²) in [6.45, 7) is 8.72. The van der Waals surface area contributed by atoms with Crippen LogP contribution in [0.25, 0.3) is 11.0 Å². The van der Waals surface area contributed by atoms with Crippen molar-refractivity contribution in [2.24, 2.45) is 0 Å². The third kappa shape index (κ3) is 4.05. The van der Waals surface area contributed by atoms with E-state index in [1.54, 1.807) is 0 Å². The van der Waals surface area contributed by atoms with Crippen LogP contribution in [0.3, 0.4) is 0 Å². The molecule has 1 aromatic heterocycles. The second-order valence-corrected chi connectivity index (χ2v) is 5.02. The third-order valence-electron chi connectivity index (χ3n) is 3.42. The summed E-state index contributed by atoms with van der Waals surface area (Å²) in [5.41, 5.74) is 2.29. The van der Waals surface area contributed by atoms with E-state index in [1.165, 1.54) is 11.9 Å². The van der Waals surface area contributed by atoms with Crippen LogP contribution in [0, 0.1) is 6.92 Å². The Kier molecular flexibility index (Phi) is 6.02. The van der Waals surface area contributed by atoms with Crippen molar-refractivity contribution in [3.05, 3.63) is 30.1 Å². The summed E-state index contributed by atoms with van der Waals surface area (Å²) in [5.74, 6) is 1.08. The molecule has 0 saturated carbocycles. The van der Waals surface area contributed by atoms with E-state index >= 15 is 0 Å². The number of rotatable bonds is 9. The van der Waals surface area contributed by atoms with Gasteiger partial charge in [0.15, 0.2) is 0 Å². The minimum absolute atomic E-state index is 0.795. The molecule has 0 radical (unpaired) electrons. The molecular weight excluding hydrogens is 250 g/mol. The van der Waals surface area contributed by atoms with Gasteiger partial charge in [-0.1, -0.05) is 25.5 Å². The summed E-state index contributed by atoms with van der Waals surface area (Å²) in [7, 11) is 0. The maximum atomic E-state index is 5.52. The lowest BCUT2D eigenvalue weighted by Gasteiger charge is -2.08. The van der Waals surface area contributed by atoms with Gasteiger partial charge in [-0.3, -0.25) is 0 Å². The molecule has 1 aromatic carbocycles. The van der Waals surface area contributed by atoms with Crippen molar-refractivity contribution in [3.63, 3.8) is 0 Å². The van der Waals surface area contributed by atoms with Crippen LogP contribution in [-0.2, 0) is 11.3 Å². The number of fused-ring (bicyclic) bond motifs is 1. The zero-order chi connectivity index (χ0) is 14.2. The molecule has 4 nitrogen and oxygen atoms in total. The molecule has 0 fully saturated rings. The first kappa shape index (κ1) is 15.0. The maximum Gasteiger partial charge on any atom is 0.106 e. The molecule has 0 spiro atoms. The standard InChI is InChI=1S/C16H25N3O/c1-3-4-12-20-13-10-17-9-11-19-14(2)18-15-7-5-6-8-16(15)19/h5-8,17H,3-4,9-13H2,1-2H3. The Hall–Kier alpha value is -1.39. The highest BCUT2D eigenvalue weighted by Crippen LogP contribution is 2.14. The van der Waals surface area contributed by atoms with Gasteiger partial charge in [0.2, 0.25) is 0 Å². The molecule has 1 heterocycles.